The zero-order valence-electron chi connectivity index (χ0n) is 10.9. The molecule has 2 atom stereocenters. The number of rotatable bonds is 4. The Morgan fingerprint density at radius 1 is 1.05 bits per heavy atom. The highest BCUT2D eigenvalue weighted by molar-refractivity contribution is 5.82. The van der Waals surface area contributed by atoms with Crippen LogP contribution in [0.5, 0.6) is 11.5 Å². The SMILES string of the molecule is CC(=O)C1CC1c1cccc(Oc2ccccc2)c1. The van der Waals surface area contributed by atoms with Crippen molar-refractivity contribution in [2.45, 2.75) is 19.3 Å². The van der Waals surface area contributed by atoms with Crippen molar-refractivity contribution in [3.63, 3.8) is 0 Å². The molecule has 0 radical (unpaired) electrons. The lowest BCUT2D eigenvalue weighted by Gasteiger charge is -2.07. The van der Waals surface area contributed by atoms with Gasteiger partial charge in [0.25, 0.3) is 0 Å². The van der Waals surface area contributed by atoms with Crippen molar-refractivity contribution >= 4 is 5.78 Å². The summed E-state index contributed by atoms with van der Waals surface area (Å²) in [7, 11) is 0. The molecular weight excluding hydrogens is 236 g/mol. The number of hydrogen-bond donors (Lipinski definition) is 0. The molecule has 0 heterocycles. The van der Waals surface area contributed by atoms with Crippen LogP contribution >= 0.6 is 0 Å². The van der Waals surface area contributed by atoms with E-state index in [0.717, 1.165) is 17.9 Å². The first-order chi connectivity index (χ1) is 9.24. The Kier molecular flexibility index (Phi) is 3.08. The number of benzene rings is 2. The van der Waals surface area contributed by atoms with Gasteiger partial charge in [-0.1, -0.05) is 30.3 Å². The van der Waals surface area contributed by atoms with Crippen molar-refractivity contribution in [1.82, 2.24) is 0 Å². The lowest BCUT2D eigenvalue weighted by molar-refractivity contribution is -0.118. The summed E-state index contributed by atoms with van der Waals surface area (Å²) in [5.74, 6) is 2.56. The van der Waals surface area contributed by atoms with Crippen molar-refractivity contribution in [1.29, 1.82) is 0 Å². The summed E-state index contributed by atoms with van der Waals surface area (Å²) < 4.78 is 5.81. The van der Waals surface area contributed by atoms with Gasteiger partial charge in [0.15, 0.2) is 0 Å². The number of ether oxygens (including phenoxy) is 1. The van der Waals surface area contributed by atoms with E-state index in [0.29, 0.717) is 11.7 Å². The summed E-state index contributed by atoms with van der Waals surface area (Å²) in [5, 5.41) is 0. The van der Waals surface area contributed by atoms with E-state index in [1.165, 1.54) is 5.56 Å². The molecule has 2 aromatic rings. The van der Waals surface area contributed by atoms with Crippen molar-refractivity contribution in [3.05, 3.63) is 60.2 Å². The predicted octanol–water partition coefficient (Wildman–Crippen LogP) is 4.17. The van der Waals surface area contributed by atoms with Gasteiger partial charge in [-0.15, -0.1) is 0 Å². The van der Waals surface area contributed by atoms with Crippen molar-refractivity contribution in [2.75, 3.05) is 0 Å². The Bertz CT molecular complexity index is 589. The van der Waals surface area contributed by atoms with Crippen LogP contribution in [0, 0.1) is 5.92 Å². The standard InChI is InChI=1S/C17H16O2/c1-12(18)16-11-17(16)13-6-5-9-15(10-13)19-14-7-3-2-4-8-14/h2-10,16-17H,11H2,1H3. The van der Waals surface area contributed by atoms with E-state index in [2.05, 4.69) is 6.07 Å². The fourth-order valence-electron chi connectivity index (χ4n) is 2.45. The van der Waals surface area contributed by atoms with Gasteiger partial charge in [-0.05, 0) is 49.1 Å². The van der Waals surface area contributed by atoms with Crippen LogP contribution in [-0.2, 0) is 4.79 Å². The summed E-state index contributed by atoms with van der Waals surface area (Å²) in [5.41, 5.74) is 1.20. The van der Waals surface area contributed by atoms with E-state index in [1.807, 2.05) is 48.5 Å². The van der Waals surface area contributed by atoms with E-state index in [9.17, 15) is 4.79 Å². The van der Waals surface area contributed by atoms with Crippen molar-refractivity contribution in [3.8, 4) is 11.5 Å². The van der Waals surface area contributed by atoms with Crippen LogP contribution in [0.2, 0.25) is 0 Å². The minimum atomic E-state index is 0.215. The van der Waals surface area contributed by atoms with Gasteiger partial charge in [0.1, 0.15) is 17.3 Å². The van der Waals surface area contributed by atoms with Crippen molar-refractivity contribution in [2.24, 2.45) is 5.92 Å². The van der Waals surface area contributed by atoms with Gasteiger partial charge >= 0.3 is 0 Å². The van der Waals surface area contributed by atoms with Gasteiger partial charge in [0.2, 0.25) is 0 Å². The third kappa shape index (κ3) is 2.68. The minimum absolute atomic E-state index is 0.215. The molecule has 2 heteroatoms. The van der Waals surface area contributed by atoms with Crippen LogP contribution in [-0.4, -0.2) is 5.78 Å². The first-order valence-electron chi connectivity index (χ1n) is 6.57. The molecule has 0 N–H and O–H groups in total. The molecule has 2 aromatic carbocycles. The molecule has 1 saturated carbocycles. The third-order valence-corrected chi connectivity index (χ3v) is 3.58. The van der Waals surface area contributed by atoms with Gasteiger partial charge in [0, 0.05) is 5.92 Å². The molecule has 19 heavy (non-hydrogen) atoms. The topological polar surface area (TPSA) is 26.3 Å². The number of Topliss-reactive ketones (excluding diaryl/α,β-unsaturated/α-hetero) is 1. The van der Waals surface area contributed by atoms with E-state index in [-0.39, 0.29) is 5.92 Å². The smallest absolute Gasteiger partial charge is 0.133 e. The van der Waals surface area contributed by atoms with Gasteiger partial charge < -0.3 is 4.74 Å². The number of ketones is 1. The van der Waals surface area contributed by atoms with Gasteiger partial charge in [0.05, 0.1) is 0 Å². The second kappa shape index (κ2) is 4.88. The minimum Gasteiger partial charge on any atom is -0.457 e. The molecule has 0 bridgehead atoms. The van der Waals surface area contributed by atoms with Crippen LogP contribution in [0.25, 0.3) is 0 Å². The number of para-hydroxylation sites is 1. The Labute approximate surface area is 113 Å². The van der Waals surface area contributed by atoms with Crippen LogP contribution in [0.15, 0.2) is 54.6 Å². The lowest BCUT2D eigenvalue weighted by Crippen LogP contribution is -1.95. The van der Waals surface area contributed by atoms with Crippen molar-refractivity contribution < 1.29 is 9.53 Å². The summed E-state index contributed by atoms with van der Waals surface area (Å²) in [6.07, 6.45) is 0.976. The third-order valence-electron chi connectivity index (χ3n) is 3.58. The second-order valence-corrected chi connectivity index (χ2v) is 5.05. The molecule has 0 aliphatic heterocycles. The molecule has 3 rings (SSSR count). The zero-order chi connectivity index (χ0) is 13.2. The molecule has 2 unspecified atom stereocenters. The molecule has 0 amide bonds. The van der Waals surface area contributed by atoms with Crippen LogP contribution in [0.3, 0.4) is 0 Å². The zero-order valence-corrected chi connectivity index (χ0v) is 10.9. The molecule has 0 saturated heterocycles. The van der Waals surface area contributed by atoms with Crippen LogP contribution in [0.4, 0.5) is 0 Å². The Morgan fingerprint density at radius 2 is 1.79 bits per heavy atom. The van der Waals surface area contributed by atoms with Gasteiger partial charge in [-0.2, -0.15) is 0 Å². The first-order valence-corrected chi connectivity index (χ1v) is 6.57. The lowest BCUT2D eigenvalue weighted by atomic mass is 10.1. The predicted molar refractivity (Wildman–Crippen MR) is 74.5 cm³/mol. The second-order valence-electron chi connectivity index (χ2n) is 5.05. The summed E-state index contributed by atoms with van der Waals surface area (Å²) in [6, 6.07) is 17.8. The van der Waals surface area contributed by atoms with Crippen LogP contribution < -0.4 is 4.74 Å². The molecule has 2 nitrogen and oxygen atoms in total. The average molecular weight is 252 g/mol. The molecule has 0 aromatic heterocycles. The highest BCUT2D eigenvalue weighted by Gasteiger charge is 2.41. The van der Waals surface area contributed by atoms with E-state index >= 15 is 0 Å². The fraction of sp³-hybridized carbons (Fsp3) is 0.235. The Hall–Kier alpha value is -2.09. The molecule has 1 aliphatic rings. The highest BCUT2D eigenvalue weighted by Crippen LogP contribution is 2.48. The largest absolute Gasteiger partial charge is 0.457 e. The van der Waals surface area contributed by atoms with E-state index in [4.69, 9.17) is 4.74 Å². The number of carbonyl (C=O) groups excluding carboxylic acids is 1. The first kappa shape index (κ1) is 12.0. The maximum Gasteiger partial charge on any atom is 0.133 e. The Morgan fingerprint density at radius 3 is 2.47 bits per heavy atom. The van der Waals surface area contributed by atoms with E-state index < -0.39 is 0 Å². The molecule has 1 aliphatic carbocycles. The summed E-state index contributed by atoms with van der Waals surface area (Å²) in [6.45, 7) is 1.68. The van der Waals surface area contributed by atoms with Gasteiger partial charge in [-0.3, -0.25) is 4.79 Å². The molecule has 0 spiro atoms. The monoisotopic (exact) mass is 252 g/mol. The quantitative estimate of drug-likeness (QED) is 0.816. The molecule has 1 fully saturated rings. The van der Waals surface area contributed by atoms with Crippen LogP contribution in [0.1, 0.15) is 24.8 Å². The Balaban J connectivity index is 1.76. The highest BCUT2D eigenvalue weighted by atomic mass is 16.5. The summed E-state index contributed by atoms with van der Waals surface area (Å²) >= 11 is 0. The maximum atomic E-state index is 11.3. The molecule has 96 valence electrons. The average Bonchev–Trinajstić information content (AvgIpc) is 3.20. The van der Waals surface area contributed by atoms with E-state index in [1.54, 1.807) is 6.92 Å². The van der Waals surface area contributed by atoms with Gasteiger partial charge in [-0.25, -0.2) is 0 Å². The fourth-order valence-corrected chi connectivity index (χ4v) is 2.45. The normalized spacial score (nSPS) is 20.9. The number of carbonyl (C=O) groups is 1. The maximum absolute atomic E-state index is 11.3. The molecular formula is C17H16O2. The summed E-state index contributed by atoms with van der Waals surface area (Å²) in [4.78, 5) is 11.3. The number of hydrogen-bond acceptors (Lipinski definition) is 2.